The van der Waals surface area contributed by atoms with Crippen molar-refractivity contribution in [2.45, 2.75) is 13.1 Å². The number of amides is 2. The monoisotopic (exact) mass is 480 g/mol. The van der Waals surface area contributed by atoms with Gasteiger partial charge in [-0.15, -0.1) is 0 Å². The highest BCUT2D eigenvalue weighted by molar-refractivity contribution is 9.10. The molecule has 0 bridgehead atoms. The number of para-hydroxylation sites is 1. The van der Waals surface area contributed by atoms with Crippen molar-refractivity contribution in [3.05, 3.63) is 93.3 Å². The van der Waals surface area contributed by atoms with Crippen LogP contribution in [0, 0.1) is 0 Å². The summed E-state index contributed by atoms with van der Waals surface area (Å²) in [5.74, 6) is -0.198. The molecule has 0 spiro atoms. The van der Waals surface area contributed by atoms with Gasteiger partial charge in [0.15, 0.2) is 0 Å². The van der Waals surface area contributed by atoms with Crippen LogP contribution in [-0.2, 0) is 17.9 Å². The van der Waals surface area contributed by atoms with Gasteiger partial charge in [-0.2, -0.15) is 0 Å². The third-order valence-corrected chi connectivity index (χ3v) is 5.04. The summed E-state index contributed by atoms with van der Waals surface area (Å²) in [5.41, 5.74) is 0.860. The van der Waals surface area contributed by atoms with E-state index < -0.39 is 5.91 Å². The first-order valence-electron chi connectivity index (χ1n) is 9.35. The molecule has 0 fully saturated rings. The summed E-state index contributed by atoms with van der Waals surface area (Å²) in [5, 5.41) is 5.85. The third kappa shape index (κ3) is 4.72. The van der Waals surface area contributed by atoms with Gasteiger partial charge in [0.1, 0.15) is 12.3 Å². The van der Waals surface area contributed by atoms with Gasteiger partial charge in [0.2, 0.25) is 5.91 Å². The number of hydrogen-bond donors (Lipinski definition) is 2. The zero-order chi connectivity index (χ0) is 21.8. The number of carbonyl (C=O) groups is 2. The van der Waals surface area contributed by atoms with Gasteiger partial charge in [-0.25, -0.2) is 4.98 Å². The number of halogens is 1. The van der Waals surface area contributed by atoms with E-state index in [2.05, 4.69) is 31.5 Å². The van der Waals surface area contributed by atoms with Crippen molar-refractivity contribution in [2.75, 3.05) is 5.32 Å². The molecule has 31 heavy (non-hydrogen) atoms. The van der Waals surface area contributed by atoms with Gasteiger partial charge < -0.3 is 15.1 Å². The fourth-order valence-corrected chi connectivity index (χ4v) is 3.42. The van der Waals surface area contributed by atoms with E-state index in [-0.39, 0.29) is 24.6 Å². The Morgan fingerprint density at radius 2 is 1.94 bits per heavy atom. The quantitative estimate of drug-likeness (QED) is 0.440. The van der Waals surface area contributed by atoms with Crippen LogP contribution in [0.1, 0.15) is 16.1 Å². The first-order chi connectivity index (χ1) is 15.0. The molecule has 4 rings (SSSR count). The van der Waals surface area contributed by atoms with Crippen LogP contribution in [0.25, 0.3) is 10.9 Å². The van der Waals surface area contributed by atoms with Crippen molar-refractivity contribution in [3.63, 3.8) is 0 Å². The summed E-state index contributed by atoms with van der Waals surface area (Å²) in [6, 6.07) is 15.3. The molecule has 9 heteroatoms. The number of fused-ring (bicyclic) bond motifs is 1. The van der Waals surface area contributed by atoms with E-state index >= 15 is 0 Å². The number of carbonyl (C=O) groups excluding carboxylic acids is 2. The lowest BCUT2D eigenvalue weighted by molar-refractivity contribution is -0.116. The molecule has 2 aromatic heterocycles. The minimum absolute atomic E-state index is 0.224. The Bertz CT molecular complexity index is 1310. The molecule has 4 aromatic rings. The normalized spacial score (nSPS) is 10.7. The Kier molecular flexibility index (Phi) is 5.94. The molecule has 0 radical (unpaired) electrons. The Labute approximate surface area is 185 Å². The highest BCUT2D eigenvalue weighted by Crippen LogP contribution is 2.16. The molecule has 0 aliphatic heterocycles. The van der Waals surface area contributed by atoms with Crippen molar-refractivity contribution in [3.8, 4) is 0 Å². The minimum Gasteiger partial charge on any atom is -0.467 e. The lowest BCUT2D eigenvalue weighted by Crippen LogP contribution is -2.29. The molecule has 8 nitrogen and oxygen atoms in total. The van der Waals surface area contributed by atoms with Crippen LogP contribution in [0.5, 0.6) is 0 Å². The van der Waals surface area contributed by atoms with E-state index in [4.69, 9.17) is 4.42 Å². The molecule has 2 N–H and O–H groups in total. The molecule has 0 aliphatic carbocycles. The van der Waals surface area contributed by atoms with E-state index in [0.29, 0.717) is 27.9 Å². The minimum atomic E-state index is -0.454. The van der Waals surface area contributed by atoms with Gasteiger partial charge in [0.25, 0.3) is 11.5 Å². The molecule has 2 amide bonds. The second-order valence-electron chi connectivity index (χ2n) is 6.69. The van der Waals surface area contributed by atoms with Crippen molar-refractivity contribution < 1.29 is 14.0 Å². The Morgan fingerprint density at radius 3 is 2.74 bits per heavy atom. The molecule has 0 saturated carbocycles. The van der Waals surface area contributed by atoms with Crippen LogP contribution in [-0.4, -0.2) is 21.4 Å². The van der Waals surface area contributed by atoms with E-state index in [1.165, 1.54) is 17.2 Å². The maximum Gasteiger partial charge on any atom is 0.261 e. The number of aromatic nitrogens is 2. The van der Waals surface area contributed by atoms with Crippen LogP contribution in [0.3, 0.4) is 0 Å². The highest BCUT2D eigenvalue weighted by atomic mass is 79.9. The summed E-state index contributed by atoms with van der Waals surface area (Å²) in [4.78, 5) is 42.1. The number of nitrogens with one attached hydrogen (secondary N) is 2. The molecular formula is C22H17BrN4O4. The number of rotatable bonds is 6. The van der Waals surface area contributed by atoms with Crippen molar-refractivity contribution in [2.24, 2.45) is 0 Å². The molecule has 0 unspecified atom stereocenters. The first kappa shape index (κ1) is 20.5. The number of nitrogens with zero attached hydrogens (tertiary/aromatic N) is 2. The SMILES string of the molecule is O=C(Cn1cnc2ccc(Br)cc2c1=O)Nc1ccccc1C(=O)NCc1ccco1. The maximum atomic E-state index is 12.7. The van der Waals surface area contributed by atoms with Gasteiger partial charge in [-0.1, -0.05) is 28.1 Å². The molecule has 2 aromatic carbocycles. The van der Waals surface area contributed by atoms with Gasteiger partial charge in [-0.3, -0.25) is 19.0 Å². The lowest BCUT2D eigenvalue weighted by Gasteiger charge is -2.12. The van der Waals surface area contributed by atoms with E-state index in [1.54, 1.807) is 54.6 Å². The zero-order valence-electron chi connectivity index (χ0n) is 16.2. The maximum absolute atomic E-state index is 12.7. The van der Waals surface area contributed by atoms with Gasteiger partial charge in [0, 0.05) is 4.47 Å². The second-order valence-corrected chi connectivity index (χ2v) is 7.61. The van der Waals surface area contributed by atoms with E-state index in [9.17, 15) is 14.4 Å². The van der Waals surface area contributed by atoms with Crippen LogP contribution < -0.4 is 16.2 Å². The second kappa shape index (κ2) is 8.97. The van der Waals surface area contributed by atoms with Crippen molar-refractivity contribution in [1.82, 2.24) is 14.9 Å². The number of hydrogen-bond acceptors (Lipinski definition) is 5. The molecule has 0 atom stereocenters. The predicted molar refractivity (Wildman–Crippen MR) is 119 cm³/mol. The fourth-order valence-electron chi connectivity index (χ4n) is 3.05. The molecule has 2 heterocycles. The summed E-state index contributed by atoms with van der Waals surface area (Å²) < 4.78 is 7.18. The highest BCUT2D eigenvalue weighted by Gasteiger charge is 2.15. The number of furan rings is 1. The topological polar surface area (TPSA) is 106 Å². The molecule has 156 valence electrons. The Balaban J connectivity index is 1.49. The average molecular weight is 481 g/mol. The summed E-state index contributed by atoms with van der Waals surface area (Å²) >= 11 is 3.33. The smallest absolute Gasteiger partial charge is 0.261 e. The molecule has 0 aliphatic rings. The van der Waals surface area contributed by atoms with E-state index in [0.717, 1.165) is 4.47 Å². The zero-order valence-corrected chi connectivity index (χ0v) is 17.8. The summed E-state index contributed by atoms with van der Waals surface area (Å²) in [6.45, 7) is -0.0154. The Morgan fingerprint density at radius 1 is 1.10 bits per heavy atom. The molecule has 0 saturated heterocycles. The van der Waals surface area contributed by atoms with Crippen LogP contribution >= 0.6 is 15.9 Å². The van der Waals surface area contributed by atoms with Crippen molar-refractivity contribution >= 4 is 44.3 Å². The van der Waals surface area contributed by atoms with E-state index in [1.807, 2.05) is 0 Å². The van der Waals surface area contributed by atoms with Crippen molar-refractivity contribution in [1.29, 1.82) is 0 Å². The van der Waals surface area contributed by atoms with Gasteiger partial charge in [0.05, 0.1) is 41.3 Å². The van der Waals surface area contributed by atoms with Crippen LogP contribution in [0.15, 0.2) is 80.9 Å². The van der Waals surface area contributed by atoms with Crippen LogP contribution in [0.4, 0.5) is 5.69 Å². The van der Waals surface area contributed by atoms with Gasteiger partial charge in [-0.05, 0) is 42.5 Å². The summed E-state index contributed by atoms with van der Waals surface area (Å²) in [7, 11) is 0. The fraction of sp³-hybridized carbons (Fsp3) is 0.0909. The van der Waals surface area contributed by atoms with Gasteiger partial charge >= 0.3 is 0 Å². The van der Waals surface area contributed by atoms with Crippen LogP contribution in [0.2, 0.25) is 0 Å². The Hall–Kier alpha value is -3.72. The average Bonchev–Trinajstić information content (AvgIpc) is 3.28. The predicted octanol–water partition coefficient (Wildman–Crippen LogP) is 3.32. The molecular weight excluding hydrogens is 464 g/mol. The first-order valence-corrected chi connectivity index (χ1v) is 10.1. The standard InChI is InChI=1S/C22H17BrN4O4/c23-14-7-8-18-17(10-14)22(30)27(13-25-18)12-20(28)26-19-6-2-1-5-16(19)21(29)24-11-15-4-3-9-31-15/h1-10,13H,11-12H2,(H,24,29)(H,26,28). The third-order valence-electron chi connectivity index (χ3n) is 4.55. The number of benzene rings is 2. The largest absolute Gasteiger partial charge is 0.467 e. The summed E-state index contributed by atoms with van der Waals surface area (Å²) in [6.07, 6.45) is 2.86. The lowest BCUT2D eigenvalue weighted by atomic mass is 10.1. The number of anilines is 1.